The maximum absolute atomic E-state index is 13.1. The zero-order valence-electron chi connectivity index (χ0n) is 18.2. The predicted octanol–water partition coefficient (Wildman–Crippen LogP) is 4.47. The Morgan fingerprint density at radius 2 is 1.77 bits per heavy atom. The summed E-state index contributed by atoms with van der Waals surface area (Å²) in [5, 5.41) is 0.466. The molecule has 2 aromatic rings. The fourth-order valence-corrected chi connectivity index (χ4v) is 8.12. The van der Waals surface area contributed by atoms with E-state index >= 15 is 0 Å². The van der Waals surface area contributed by atoms with Gasteiger partial charge in [-0.1, -0.05) is 31.5 Å². The lowest BCUT2D eigenvalue weighted by molar-refractivity contribution is 0.244. The molecule has 0 aliphatic carbocycles. The van der Waals surface area contributed by atoms with Crippen molar-refractivity contribution in [1.82, 2.24) is 4.31 Å². The highest BCUT2D eigenvalue weighted by molar-refractivity contribution is 7.96. The quantitative estimate of drug-likeness (QED) is 0.626. The Balaban J connectivity index is 1.95. The first-order chi connectivity index (χ1) is 14.2. The minimum atomic E-state index is -4.00. The monoisotopic (exact) mass is 505 g/mol. The molecule has 172 valence electrons. The van der Waals surface area contributed by atoms with Gasteiger partial charge in [0.05, 0.1) is 16.4 Å². The van der Waals surface area contributed by atoms with Crippen LogP contribution < -0.4 is 9.62 Å². The van der Waals surface area contributed by atoms with E-state index in [0.717, 1.165) is 23.7 Å². The van der Waals surface area contributed by atoms with E-state index < -0.39 is 20.0 Å². The Bertz CT molecular complexity index is 1170. The van der Waals surface area contributed by atoms with Gasteiger partial charge in [0.2, 0.25) is 0 Å². The minimum Gasteiger partial charge on any atom is -0.366 e. The molecular weight excluding hydrogens is 478 g/mol. The zero-order valence-corrected chi connectivity index (χ0v) is 21.4. The topological polar surface area (TPSA) is 86.8 Å². The number of piperidine rings is 1. The van der Waals surface area contributed by atoms with Gasteiger partial charge in [0, 0.05) is 26.7 Å². The molecule has 0 spiro atoms. The molecule has 1 atom stereocenters. The third-order valence-electron chi connectivity index (χ3n) is 5.48. The van der Waals surface area contributed by atoms with E-state index in [1.165, 1.54) is 26.2 Å². The normalized spacial score (nSPS) is 19.6. The average molecular weight is 506 g/mol. The second-order valence-electron chi connectivity index (χ2n) is 8.76. The molecule has 1 aliphatic heterocycles. The molecule has 7 nitrogen and oxygen atoms in total. The maximum Gasteiger partial charge on any atom is 0.271 e. The fourth-order valence-electron chi connectivity index (χ4n) is 3.84. The largest absolute Gasteiger partial charge is 0.366 e. The molecule has 0 bridgehead atoms. The van der Waals surface area contributed by atoms with Crippen LogP contribution in [0.5, 0.6) is 0 Å². The number of sulfonamides is 2. The van der Waals surface area contributed by atoms with Crippen molar-refractivity contribution >= 4 is 54.4 Å². The number of para-hydroxylation sites is 1. The molecule has 1 fully saturated rings. The molecule has 1 aromatic carbocycles. The van der Waals surface area contributed by atoms with Gasteiger partial charge < -0.3 is 4.90 Å². The molecule has 1 unspecified atom stereocenters. The van der Waals surface area contributed by atoms with E-state index in [-0.39, 0.29) is 19.9 Å². The summed E-state index contributed by atoms with van der Waals surface area (Å²) in [5.74, 6) is 0. The van der Waals surface area contributed by atoms with Gasteiger partial charge in [0.25, 0.3) is 20.0 Å². The molecule has 31 heavy (non-hydrogen) atoms. The van der Waals surface area contributed by atoms with Crippen LogP contribution in [0, 0.1) is 5.41 Å². The number of halogens is 1. The van der Waals surface area contributed by atoms with Crippen LogP contribution in [0.2, 0.25) is 5.02 Å². The molecule has 2 heterocycles. The lowest BCUT2D eigenvalue weighted by Crippen LogP contribution is -2.44. The molecule has 1 saturated heterocycles. The second kappa shape index (κ2) is 8.55. The summed E-state index contributed by atoms with van der Waals surface area (Å²) in [7, 11) is -4.90. The SMILES string of the molecule is CC1CC(C)(C)CCN1c1c(Cl)cccc1NS(=O)(=O)c1ccc(S(=O)(=O)N(C)C)s1. The van der Waals surface area contributed by atoms with Crippen LogP contribution in [0.25, 0.3) is 0 Å². The summed E-state index contributed by atoms with van der Waals surface area (Å²) in [6.07, 6.45) is 1.92. The number of thiophene rings is 1. The van der Waals surface area contributed by atoms with Crippen molar-refractivity contribution in [3.8, 4) is 0 Å². The third-order valence-corrected chi connectivity index (χ3v) is 11.0. The molecule has 1 N–H and O–H groups in total. The van der Waals surface area contributed by atoms with Gasteiger partial charge in [0.15, 0.2) is 0 Å². The molecule has 0 saturated carbocycles. The number of benzene rings is 1. The number of nitrogens with zero attached hydrogens (tertiary/aromatic N) is 2. The summed E-state index contributed by atoms with van der Waals surface area (Å²) in [6, 6.07) is 7.91. The van der Waals surface area contributed by atoms with Gasteiger partial charge in [-0.05, 0) is 49.4 Å². The van der Waals surface area contributed by atoms with Crippen molar-refractivity contribution in [2.45, 2.75) is 48.1 Å². The lowest BCUT2D eigenvalue weighted by atomic mass is 9.79. The number of hydrogen-bond acceptors (Lipinski definition) is 6. The van der Waals surface area contributed by atoms with Crippen LogP contribution >= 0.6 is 22.9 Å². The van der Waals surface area contributed by atoms with Crippen molar-refractivity contribution in [2.24, 2.45) is 5.41 Å². The molecule has 1 aliphatic rings. The third kappa shape index (κ3) is 5.03. The Morgan fingerprint density at radius 1 is 1.13 bits per heavy atom. The Hall–Kier alpha value is -1.33. The number of anilines is 2. The van der Waals surface area contributed by atoms with Crippen LogP contribution in [0.1, 0.15) is 33.6 Å². The highest BCUT2D eigenvalue weighted by atomic mass is 35.5. The Morgan fingerprint density at radius 3 is 2.39 bits per heavy atom. The predicted molar refractivity (Wildman–Crippen MR) is 127 cm³/mol. The van der Waals surface area contributed by atoms with Crippen molar-refractivity contribution < 1.29 is 16.8 Å². The van der Waals surface area contributed by atoms with Crippen LogP contribution in [-0.2, 0) is 20.0 Å². The van der Waals surface area contributed by atoms with Gasteiger partial charge in [0.1, 0.15) is 8.42 Å². The first-order valence-electron chi connectivity index (χ1n) is 9.85. The van der Waals surface area contributed by atoms with Crippen molar-refractivity contribution in [3.05, 3.63) is 35.4 Å². The van der Waals surface area contributed by atoms with Gasteiger partial charge in [-0.15, -0.1) is 11.3 Å². The zero-order chi connectivity index (χ0) is 23.2. The molecule has 11 heteroatoms. The van der Waals surface area contributed by atoms with E-state index in [4.69, 9.17) is 11.6 Å². The molecule has 0 radical (unpaired) electrons. The van der Waals surface area contributed by atoms with Gasteiger partial charge in [-0.2, -0.15) is 0 Å². The Kier molecular flexibility index (Phi) is 6.71. The van der Waals surface area contributed by atoms with Crippen LogP contribution in [0.3, 0.4) is 0 Å². The fraction of sp³-hybridized carbons (Fsp3) is 0.500. The summed E-state index contributed by atoms with van der Waals surface area (Å²) in [4.78, 5) is 2.14. The van der Waals surface area contributed by atoms with Crippen molar-refractivity contribution in [2.75, 3.05) is 30.3 Å². The Labute approximate surface area is 194 Å². The van der Waals surface area contributed by atoms with Crippen molar-refractivity contribution in [1.29, 1.82) is 0 Å². The molecule has 0 amide bonds. The second-order valence-corrected chi connectivity index (χ2v) is 14.5. The first-order valence-corrected chi connectivity index (χ1v) is 14.0. The smallest absolute Gasteiger partial charge is 0.271 e. The van der Waals surface area contributed by atoms with E-state index in [2.05, 4.69) is 30.4 Å². The lowest BCUT2D eigenvalue weighted by Gasteiger charge is -2.44. The summed E-state index contributed by atoms with van der Waals surface area (Å²) in [5.41, 5.74) is 1.24. The first kappa shape index (κ1) is 24.3. The van der Waals surface area contributed by atoms with Gasteiger partial charge >= 0.3 is 0 Å². The van der Waals surface area contributed by atoms with Crippen LogP contribution in [0.15, 0.2) is 38.8 Å². The van der Waals surface area contributed by atoms with Gasteiger partial charge in [-0.3, -0.25) is 4.72 Å². The van der Waals surface area contributed by atoms with E-state index in [1.807, 2.05) is 0 Å². The average Bonchev–Trinajstić information content (AvgIpc) is 3.14. The summed E-state index contributed by atoms with van der Waals surface area (Å²) in [6.45, 7) is 7.33. The summed E-state index contributed by atoms with van der Waals surface area (Å²) >= 11 is 7.23. The highest BCUT2D eigenvalue weighted by Crippen LogP contribution is 2.42. The maximum atomic E-state index is 13.1. The number of rotatable bonds is 6. The van der Waals surface area contributed by atoms with Crippen molar-refractivity contribution in [3.63, 3.8) is 0 Å². The van der Waals surface area contributed by atoms with E-state index in [1.54, 1.807) is 18.2 Å². The van der Waals surface area contributed by atoms with E-state index in [9.17, 15) is 16.8 Å². The minimum absolute atomic E-state index is 0.0314. The number of hydrogen-bond donors (Lipinski definition) is 1. The van der Waals surface area contributed by atoms with E-state index in [0.29, 0.717) is 27.7 Å². The van der Waals surface area contributed by atoms with Crippen LogP contribution in [0.4, 0.5) is 11.4 Å². The standard InChI is InChI=1S/C20H28ClN3O4S3/c1-14-13-20(2,3)11-12-24(14)19-15(21)7-6-8-16(19)22-30(25,26)17-9-10-18(29-17)31(27,28)23(4)5/h6-10,14,22H,11-13H2,1-5H3. The number of nitrogens with one attached hydrogen (secondary N) is 1. The van der Waals surface area contributed by atoms with Gasteiger partial charge in [-0.25, -0.2) is 21.1 Å². The van der Waals surface area contributed by atoms with Crippen LogP contribution in [-0.4, -0.2) is 47.8 Å². The molecule has 3 rings (SSSR count). The molecular formula is C20H28ClN3O4S3. The summed E-state index contributed by atoms with van der Waals surface area (Å²) < 4.78 is 54.4. The highest BCUT2D eigenvalue weighted by Gasteiger charge is 2.33. The molecule has 1 aromatic heterocycles.